The number of aromatic nitrogens is 3. The Morgan fingerprint density at radius 2 is 1.81 bits per heavy atom. The van der Waals surface area contributed by atoms with Gasteiger partial charge in [0.05, 0.1) is 21.7 Å². The highest BCUT2D eigenvalue weighted by atomic mass is 79.9. The molecule has 2 heterocycles. The van der Waals surface area contributed by atoms with Crippen LogP contribution < -0.4 is 16.4 Å². The first-order chi connectivity index (χ1) is 11.5. The van der Waals surface area contributed by atoms with E-state index in [1.807, 2.05) is 12.1 Å². The Hall–Kier alpha value is -2.37. The number of benzene rings is 1. The molecular formula is C15H15Br2N5O4. The van der Waals surface area contributed by atoms with Crippen LogP contribution in [0.4, 0.5) is 5.69 Å². The van der Waals surface area contributed by atoms with Crippen molar-refractivity contribution in [3.63, 3.8) is 0 Å². The molecule has 0 aliphatic heterocycles. The Bertz CT molecular complexity index is 1020. The quantitative estimate of drug-likeness (QED) is 0.285. The number of nitro benzene ring substituents is 1. The second-order valence-electron chi connectivity index (χ2n) is 5.12. The lowest BCUT2D eigenvalue weighted by Crippen LogP contribution is -2.29. The zero-order chi connectivity index (χ0) is 17.1. The van der Waals surface area contributed by atoms with Crippen molar-refractivity contribution in [2.75, 3.05) is 0 Å². The minimum atomic E-state index is -0.851. The fraction of sp³-hybridized carbons (Fsp3) is 0.133. The lowest BCUT2D eigenvalue weighted by Gasteiger charge is -2.08. The van der Waals surface area contributed by atoms with E-state index in [0.717, 1.165) is 5.69 Å². The van der Waals surface area contributed by atoms with Gasteiger partial charge in [-0.15, -0.1) is 34.0 Å². The molecule has 3 N–H and O–H groups in total. The summed E-state index contributed by atoms with van der Waals surface area (Å²) in [5.74, 6) is 0. The van der Waals surface area contributed by atoms with Gasteiger partial charge in [-0.2, -0.15) is 0 Å². The molecule has 0 bridgehead atoms. The van der Waals surface area contributed by atoms with Crippen molar-refractivity contribution in [1.29, 1.82) is 0 Å². The maximum Gasteiger partial charge on any atom is 0.314 e. The monoisotopic (exact) mass is 487 g/mol. The zero-order valence-corrected chi connectivity index (χ0v) is 16.6. The fourth-order valence-electron chi connectivity index (χ4n) is 2.35. The Balaban J connectivity index is 0.00000169. The smallest absolute Gasteiger partial charge is 0.314 e. The number of fused-ring (bicyclic) bond motifs is 1. The van der Waals surface area contributed by atoms with Crippen molar-refractivity contribution in [1.82, 2.24) is 20.3 Å². The van der Waals surface area contributed by atoms with Crippen molar-refractivity contribution < 1.29 is 4.92 Å². The molecule has 0 saturated carbocycles. The van der Waals surface area contributed by atoms with Crippen molar-refractivity contribution in [2.45, 2.75) is 13.1 Å². The lowest BCUT2D eigenvalue weighted by atomic mass is 10.1. The molecular weight excluding hydrogens is 474 g/mol. The summed E-state index contributed by atoms with van der Waals surface area (Å²) in [5.41, 5.74) is 0.0670. The van der Waals surface area contributed by atoms with Crippen LogP contribution in [0, 0.1) is 10.1 Å². The van der Waals surface area contributed by atoms with Gasteiger partial charge in [0.2, 0.25) is 0 Å². The van der Waals surface area contributed by atoms with Crippen molar-refractivity contribution >= 4 is 50.7 Å². The number of aromatic amines is 2. The van der Waals surface area contributed by atoms with E-state index in [0.29, 0.717) is 17.6 Å². The van der Waals surface area contributed by atoms with Crippen molar-refractivity contribution in [2.24, 2.45) is 0 Å². The standard InChI is InChI=1S/C15H13N5O4.2BrH/c21-14-15(22)19-13-9(5-11(20(23)24)6-12(13)18-14)7-16-8-10-3-1-2-4-17-10;;/h1-6,16H,7-8H2,(H,18,21)(H,19,22);2*1H. The molecule has 1 aromatic carbocycles. The first-order valence-corrected chi connectivity index (χ1v) is 7.09. The third-order valence-corrected chi connectivity index (χ3v) is 3.46. The number of halogens is 2. The van der Waals surface area contributed by atoms with Crippen LogP contribution in [0.2, 0.25) is 0 Å². The van der Waals surface area contributed by atoms with Crippen LogP contribution in [0.5, 0.6) is 0 Å². The summed E-state index contributed by atoms with van der Waals surface area (Å²) >= 11 is 0. The van der Waals surface area contributed by atoms with E-state index in [2.05, 4.69) is 20.3 Å². The number of H-pyrrole nitrogens is 2. The number of hydrogen-bond acceptors (Lipinski definition) is 6. The topological polar surface area (TPSA) is 134 Å². The highest BCUT2D eigenvalue weighted by Crippen LogP contribution is 2.21. The Kier molecular flexibility index (Phi) is 7.80. The van der Waals surface area contributed by atoms with E-state index >= 15 is 0 Å². The molecule has 138 valence electrons. The molecule has 26 heavy (non-hydrogen) atoms. The number of pyridine rings is 1. The average Bonchev–Trinajstić information content (AvgIpc) is 2.57. The molecule has 2 aromatic heterocycles. The predicted molar refractivity (Wildman–Crippen MR) is 107 cm³/mol. The van der Waals surface area contributed by atoms with E-state index in [1.165, 1.54) is 12.1 Å². The van der Waals surface area contributed by atoms with Gasteiger partial charge in [0.1, 0.15) is 0 Å². The van der Waals surface area contributed by atoms with Crippen LogP contribution in [-0.2, 0) is 13.1 Å². The van der Waals surface area contributed by atoms with E-state index < -0.39 is 16.0 Å². The van der Waals surface area contributed by atoms with Crippen LogP contribution >= 0.6 is 34.0 Å². The summed E-state index contributed by atoms with van der Waals surface area (Å²) < 4.78 is 0. The summed E-state index contributed by atoms with van der Waals surface area (Å²) in [4.78, 5) is 42.5. The third-order valence-electron chi connectivity index (χ3n) is 3.46. The van der Waals surface area contributed by atoms with Gasteiger partial charge in [-0.25, -0.2) is 0 Å². The van der Waals surface area contributed by atoms with Crippen LogP contribution in [-0.4, -0.2) is 19.9 Å². The number of nitrogens with zero attached hydrogens (tertiary/aromatic N) is 2. The average molecular weight is 489 g/mol. The first-order valence-electron chi connectivity index (χ1n) is 7.09. The van der Waals surface area contributed by atoms with Crippen LogP contribution in [0.1, 0.15) is 11.3 Å². The molecule has 0 spiro atoms. The number of rotatable bonds is 5. The summed E-state index contributed by atoms with van der Waals surface area (Å²) in [5, 5.41) is 14.2. The van der Waals surface area contributed by atoms with Gasteiger partial charge in [0.25, 0.3) is 5.69 Å². The molecule has 11 heteroatoms. The molecule has 0 amide bonds. The summed E-state index contributed by atoms with van der Waals surface area (Å²) in [6.07, 6.45) is 1.67. The predicted octanol–water partition coefficient (Wildman–Crippen LogP) is 1.97. The van der Waals surface area contributed by atoms with E-state index in [4.69, 9.17) is 0 Å². The Morgan fingerprint density at radius 3 is 2.46 bits per heavy atom. The maximum atomic E-state index is 11.5. The zero-order valence-electron chi connectivity index (χ0n) is 13.2. The molecule has 3 rings (SSSR count). The number of nitrogens with one attached hydrogen (secondary N) is 3. The number of non-ortho nitro benzene ring substituents is 1. The lowest BCUT2D eigenvalue weighted by molar-refractivity contribution is -0.384. The highest BCUT2D eigenvalue weighted by Gasteiger charge is 2.13. The summed E-state index contributed by atoms with van der Waals surface area (Å²) in [6, 6.07) is 8.09. The first kappa shape index (κ1) is 21.7. The Labute approximate surface area is 167 Å². The number of hydrogen-bond donors (Lipinski definition) is 3. The van der Waals surface area contributed by atoms with Gasteiger partial charge in [-0.05, 0) is 17.7 Å². The molecule has 0 radical (unpaired) electrons. The molecule has 0 aliphatic rings. The second-order valence-corrected chi connectivity index (χ2v) is 5.12. The molecule has 9 nitrogen and oxygen atoms in total. The molecule has 0 aliphatic carbocycles. The van der Waals surface area contributed by atoms with Crippen LogP contribution in [0.25, 0.3) is 11.0 Å². The normalized spacial score (nSPS) is 10.0. The van der Waals surface area contributed by atoms with Gasteiger partial charge in [0, 0.05) is 31.4 Å². The van der Waals surface area contributed by atoms with Crippen LogP contribution in [0.15, 0.2) is 46.1 Å². The molecule has 0 atom stereocenters. The van der Waals surface area contributed by atoms with Gasteiger partial charge >= 0.3 is 11.1 Å². The van der Waals surface area contributed by atoms with E-state index in [9.17, 15) is 19.7 Å². The van der Waals surface area contributed by atoms with Gasteiger partial charge < -0.3 is 15.3 Å². The fourth-order valence-corrected chi connectivity index (χ4v) is 2.35. The summed E-state index contributed by atoms with van der Waals surface area (Å²) in [7, 11) is 0. The minimum Gasteiger partial charge on any atom is -0.316 e. The largest absolute Gasteiger partial charge is 0.316 e. The SMILES string of the molecule is Br.Br.O=c1[nH]c2cc([N+](=O)[O-])cc(CNCc3ccccn3)c2[nH]c1=O. The maximum absolute atomic E-state index is 11.5. The molecule has 0 saturated heterocycles. The minimum absolute atomic E-state index is 0. The van der Waals surface area contributed by atoms with Gasteiger partial charge in [-0.1, -0.05) is 6.07 Å². The van der Waals surface area contributed by atoms with Gasteiger partial charge in [0.15, 0.2) is 0 Å². The van der Waals surface area contributed by atoms with Crippen molar-refractivity contribution in [3.05, 3.63) is 78.6 Å². The van der Waals surface area contributed by atoms with E-state index in [1.54, 1.807) is 12.3 Å². The van der Waals surface area contributed by atoms with Crippen molar-refractivity contribution in [3.8, 4) is 0 Å². The highest BCUT2D eigenvalue weighted by molar-refractivity contribution is 8.93. The molecule has 0 fully saturated rings. The molecule has 0 unspecified atom stereocenters. The van der Waals surface area contributed by atoms with E-state index in [-0.39, 0.29) is 51.7 Å². The van der Waals surface area contributed by atoms with Crippen LogP contribution in [0.3, 0.4) is 0 Å². The Morgan fingerprint density at radius 1 is 1.08 bits per heavy atom. The number of nitro groups is 1. The molecule has 3 aromatic rings. The third kappa shape index (κ3) is 4.84. The van der Waals surface area contributed by atoms with Gasteiger partial charge in [-0.3, -0.25) is 24.7 Å². The summed E-state index contributed by atoms with van der Waals surface area (Å²) in [6.45, 7) is 0.718. The second kappa shape index (κ2) is 9.36.